The molecule has 0 aromatic heterocycles. The van der Waals surface area contributed by atoms with Crippen molar-refractivity contribution in [3.05, 3.63) is 180 Å². The van der Waals surface area contributed by atoms with Crippen molar-refractivity contribution >= 4 is 44.9 Å². The molecule has 0 saturated heterocycles. The lowest BCUT2D eigenvalue weighted by Gasteiger charge is -2.28. The first-order valence-electron chi connectivity index (χ1n) is 16.4. The number of rotatable bonds is 6. The van der Waals surface area contributed by atoms with Crippen LogP contribution in [-0.2, 0) is 5.41 Å². The van der Waals surface area contributed by atoms with Crippen molar-refractivity contribution in [3.63, 3.8) is 0 Å². The molecule has 1 aliphatic carbocycles. The van der Waals surface area contributed by atoms with E-state index in [1.807, 2.05) is 0 Å². The van der Waals surface area contributed by atoms with Gasteiger partial charge in [-0.3, -0.25) is 0 Å². The Kier molecular flexibility index (Phi) is 6.95. The molecule has 7 aromatic carbocycles. The second kappa shape index (κ2) is 11.3. The Labute approximate surface area is 278 Å². The second-order valence-corrected chi connectivity index (χ2v) is 13.3. The Balaban J connectivity index is 1.23. The number of para-hydroxylation sites is 2. The molecule has 8 rings (SSSR count). The molecular weight excluding hydrogens is 569 g/mol. The van der Waals surface area contributed by atoms with Gasteiger partial charge < -0.3 is 9.80 Å². The van der Waals surface area contributed by atoms with Crippen LogP contribution in [0, 0.1) is 13.8 Å². The summed E-state index contributed by atoms with van der Waals surface area (Å²) >= 11 is 0. The van der Waals surface area contributed by atoms with E-state index in [2.05, 4.69) is 195 Å². The average Bonchev–Trinajstić information content (AvgIpc) is 3.31. The molecule has 0 fully saturated rings. The van der Waals surface area contributed by atoms with Crippen molar-refractivity contribution in [1.82, 2.24) is 0 Å². The zero-order valence-electron chi connectivity index (χ0n) is 27.4. The Bertz CT molecular complexity index is 2210. The molecule has 0 unspecified atom stereocenters. The number of nitrogens with zero attached hydrogens (tertiary/aromatic N) is 2. The predicted molar refractivity (Wildman–Crippen MR) is 200 cm³/mol. The molecule has 0 N–H and O–H groups in total. The minimum atomic E-state index is -0.156. The van der Waals surface area contributed by atoms with Crippen molar-refractivity contribution in [1.29, 1.82) is 0 Å². The number of aryl methyl sites for hydroxylation is 2. The Morgan fingerprint density at radius 1 is 0.362 bits per heavy atom. The maximum atomic E-state index is 2.43. The summed E-state index contributed by atoms with van der Waals surface area (Å²) in [4.78, 5) is 4.71. The summed E-state index contributed by atoms with van der Waals surface area (Å²) in [6.07, 6.45) is 0. The normalized spacial score (nSPS) is 12.9. The van der Waals surface area contributed by atoms with Gasteiger partial charge in [0.15, 0.2) is 0 Å². The van der Waals surface area contributed by atoms with Gasteiger partial charge in [0.2, 0.25) is 0 Å². The van der Waals surface area contributed by atoms with E-state index in [9.17, 15) is 0 Å². The average molecular weight is 607 g/mol. The third-order valence-electron chi connectivity index (χ3n) is 9.73. The summed E-state index contributed by atoms with van der Waals surface area (Å²) in [6, 6.07) is 57.7. The van der Waals surface area contributed by atoms with Gasteiger partial charge in [0.05, 0.1) is 0 Å². The molecule has 2 nitrogen and oxygen atoms in total. The molecule has 228 valence electrons. The highest BCUT2D eigenvalue weighted by molar-refractivity contribution is 5.97. The topological polar surface area (TPSA) is 6.48 Å². The summed E-state index contributed by atoms with van der Waals surface area (Å²) in [6.45, 7) is 9.02. The molecule has 2 heteroatoms. The molecule has 0 spiro atoms. The van der Waals surface area contributed by atoms with Gasteiger partial charge >= 0.3 is 0 Å². The van der Waals surface area contributed by atoms with Crippen molar-refractivity contribution < 1.29 is 0 Å². The number of hydrogen-bond acceptors (Lipinski definition) is 2. The molecular formula is C45H38N2. The largest absolute Gasteiger partial charge is 0.310 e. The lowest BCUT2D eigenvalue weighted by Crippen LogP contribution is -2.16. The van der Waals surface area contributed by atoms with Crippen LogP contribution in [0.4, 0.5) is 34.1 Å². The van der Waals surface area contributed by atoms with Crippen LogP contribution in [0.2, 0.25) is 0 Å². The fourth-order valence-electron chi connectivity index (χ4n) is 7.17. The van der Waals surface area contributed by atoms with Gasteiger partial charge in [0, 0.05) is 39.5 Å². The molecule has 0 atom stereocenters. The van der Waals surface area contributed by atoms with Gasteiger partial charge in [0.25, 0.3) is 0 Å². The lowest BCUT2D eigenvalue weighted by molar-refractivity contribution is 0.661. The van der Waals surface area contributed by atoms with E-state index in [0.717, 1.165) is 28.4 Å². The highest BCUT2D eigenvalue weighted by Crippen LogP contribution is 2.52. The third kappa shape index (κ3) is 5.07. The quantitative estimate of drug-likeness (QED) is 0.186. The van der Waals surface area contributed by atoms with Crippen molar-refractivity contribution in [3.8, 4) is 11.1 Å². The van der Waals surface area contributed by atoms with Crippen LogP contribution < -0.4 is 9.80 Å². The van der Waals surface area contributed by atoms with Crippen LogP contribution in [0.15, 0.2) is 158 Å². The van der Waals surface area contributed by atoms with Crippen LogP contribution in [0.5, 0.6) is 0 Å². The highest BCUT2D eigenvalue weighted by atomic mass is 15.1. The molecule has 0 heterocycles. The molecule has 0 amide bonds. The standard InChI is InChI=1S/C45H38N2/c1-31-15-20-37(21-16-31)46(35-11-7-5-8-12-35)39-24-19-33-28-42-41-26-25-40(30-44(41)45(3,4)43(42)29-34(33)27-39)47(36-13-9-6-10-14-36)38-22-17-32(2)18-23-38/h5-30H,1-4H3. The Morgan fingerprint density at radius 2 is 0.809 bits per heavy atom. The molecule has 1 aliphatic rings. The first kappa shape index (κ1) is 28.8. The van der Waals surface area contributed by atoms with Crippen LogP contribution in [0.25, 0.3) is 21.9 Å². The summed E-state index contributed by atoms with van der Waals surface area (Å²) in [5, 5.41) is 2.50. The van der Waals surface area contributed by atoms with Gasteiger partial charge in [-0.25, -0.2) is 0 Å². The van der Waals surface area contributed by atoms with Crippen molar-refractivity contribution in [2.45, 2.75) is 33.1 Å². The molecule has 0 radical (unpaired) electrons. The van der Waals surface area contributed by atoms with E-state index in [1.54, 1.807) is 0 Å². The number of fused-ring (bicyclic) bond motifs is 4. The number of anilines is 6. The van der Waals surface area contributed by atoms with E-state index < -0.39 is 0 Å². The number of benzene rings is 7. The van der Waals surface area contributed by atoms with E-state index >= 15 is 0 Å². The Hall–Kier alpha value is -5.60. The predicted octanol–water partition coefficient (Wildman–Crippen LogP) is 12.7. The van der Waals surface area contributed by atoms with Gasteiger partial charge in [-0.2, -0.15) is 0 Å². The molecule has 0 bridgehead atoms. The highest BCUT2D eigenvalue weighted by Gasteiger charge is 2.36. The van der Waals surface area contributed by atoms with Crippen LogP contribution in [-0.4, -0.2) is 0 Å². The SMILES string of the molecule is Cc1ccc(N(c2ccccc2)c2ccc3c(c2)C(C)(C)c2cc4cc(N(c5ccccc5)c5ccc(C)cc5)ccc4cc2-3)cc1. The minimum Gasteiger partial charge on any atom is -0.310 e. The van der Waals surface area contributed by atoms with E-state index in [1.165, 1.54) is 49.8 Å². The molecule has 47 heavy (non-hydrogen) atoms. The van der Waals surface area contributed by atoms with E-state index in [4.69, 9.17) is 0 Å². The van der Waals surface area contributed by atoms with Gasteiger partial charge in [-0.1, -0.05) is 97.8 Å². The molecule has 0 saturated carbocycles. The maximum absolute atomic E-state index is 2.43. The molecule has 7 aromatic rings. The lowest BCUT2D eigenvalue weighted by atomic mass is 9.81. The van der Waals surface area contributed by atoms with Crippen molar-refractivity contribution in [2.75, 3.05) is 9.80 Å². The summed E-state index contributed by atoms with van der Waals surface area (Å²) in [5.74, 6) is 0. The Morgan fingerprint density at radius 3 is 1.36 bits per heavy atom. The fourth-order valence-corrected chi connectivity index (χ4v) is 7.17. The van der Waals surface area contributed by atoms with Crippen molar-refractivity contribution in [2.24, 2.45) is 0 Å². The van der Waals surface area contributed by atoms with E-state index in [-0.39, 0.29) is 5.41 Å². The summed E-state index contributed by atoms with van der Waals surface area (Å²) < 4.78 is 0. The fraction of sp³-hybridized carbons (Fsp3) is 0.111. The van der Waals surface area contributed by atoms with Gasteiger partial charge in [0.1, 0.15) is 0 Å². The number of hydrogen-bond donors (Lipinski definition) is 0. The second-order valence-electron chi connectivity index (χ2n) is 13.3. The first-order chi connectivity index (χ1) is 22.9. The van der Waals surface area contributed by atoms with Crippen LogP contribution in [0.1, 0.15) is 36.1 Å². The summed E-state index contributed by atoms with van der Waals surface area (Å²) in [5.41, 5.74) is 14.7. The van der Waals surface area contributed by atoms with Crippen LogP contribution >= 0.6 is 0 Å². The van der Waals surface area contributed by atoms with Crippen LogP contribution in [0.3, 0.4) is 0 Å². The monoisotopic (exact) mass is 606 g/mol. The van der Waals surface area contributed by atoms with Gasteiger partial charge in [-0.15, -0.1) is 0 Å². The minimum absolute atomic E-state index is 0.156. The first-order valence-corrected chi connectivity index (χ1v) is 16.4. The smallest absolute Gasteiger partial charge is 0.0468 e. The zero-order valence-corrected chi connectivity index (χ0v) is 27.4. The molecule has 0 aliphatic heterocycles. The van der Waals surface area contributed by atoms with E-state index in [0.29, 0.717) is 0 Å². The maximum Gasteiger partial charge on any atom is 0.0468 e. The summed E-state index contributed by atoms with van der Waals surface area (Å²) in [7, 11) is 0. The van der Waals surface area contributed by atoms with Gasteiger partial charge in [-0.05, 0) is 132 Å². The zero-order chi connectivity index (χ0) is 32.1. The third-order valence-corrected chi connectivity index (χ3v) is 9.73.